The summed E-state index contributed by atoms with van der Waals surface area (Å²) in [5.74, 6) is 0.743. The predicted molar refractivity (Wildman–Crippen MR) is 75.6 cm³/mol. The fraction of sp³-hybridized carbons (Fsp3) is 0.286. The highest BCUT2D eigenvalue weighted by Gasteiger charge is 2.17. The van der Waals surface area contributed by atoms with Crippen molar-refractivity contribution in [2.24, 2.45) is 0 Å². The van der Waals surface area contributed by atoms with Crippen molar-refractivity contribution in [1.82, 2.24) is 15.3 Å². The van der Waals surface area contributed by atoms with E-state index in [1.807, 2.05) is 32.2 Å². The summed E-state index contributed by atoms with van der Waals surface area (Å²) in [6.07, 6.45) is 5.21. The third-order valence-electron chi connectivity index (χ3n) is 2.73. The quantitative estimate of drug-likeness (QED) is 0.913. The molecule has 2 rings (SSSR count). The lowest BCUT2D eigenvalue weighted by Gasteiger charge is -2.17. The highest BCUT2D eigenvalue weighted by molar-refractivity contribution is 6.31. The molecule has 100 valence electrons. The minimum atomic E-state index is -0.110. The lowest BCUT2D eigenvalue weighted by molar-refractivity contribution is 0.338. The average molecular weight is 278 g/mol. The van der Waals surface area contributed by atoms with Gasteiger partial charge in [0.05, 0.1) is 29.6 Å². The van der Waals surface area contributed by atoms with Gasteiger partial charge in [-0.2, -0.15) is 0 Å². The van der Waals surface area contributed by atoms with Crippen LogP contribution in [-0.2, 0) is 0 Å². The molecule has 0 saturated heterocycles. The molecule has 2 heterocycles. The lowest BCUT2D eigenvalue weighted by Crippen LogP contribution is -2.19. The Labute approximate surface area is 117 Å². The molecule has 2 aromatic heterocycles. The number of ether oxygens (including phenoxy) is 1. The summed E-state index contributed by atoms with van der Waals surface area (Å²) in [5, 5.41) is 3.83. The van der Waals surface area contributed by atoms with Crippen LogP contribution in [-0.4, -0.2) is 23.6 Å². The molecule has 0 spiro atoms. The number of nitrogens with one attached hydrogen (secondary N) is 1. The molecule has 1 N–H and O–H groups in total. The highest BCUT2D eigenvalue weighted by atomic mass is 35.5. The van der Waals surface area contributed by atoms with E-state index in [-0.39, 0.29) is 6.04 Å². The van der Waals surface area contributed by atoms with Gasteiger partial charge in [-0.05, 0) is 37.7 Å². The zero-order chi connectivity index (χ0) is 13.7. The SMILES string of the molecule is CCOc1cncc(C(NC)c2ncccc2Cl)c1. The molecule has 5 heteroatoms. The van der Waals surface area contributed by atoms with Crippen molar-refractivity contribution in [2.75, 3.05) is 13.7 Å². The first-order valence-electron chi connectivity index (χ1n) is 6.11. The summed E-state index contributed by atoms with van der Waals surface area (Å²) < 4.78 is 5.46. The van der Waals surface area contributed by atoms with E-state index in [0.29, 0.717) is 11.6 Å². The van der Waals surface area contributed by atoms with Gasteiger partial charge in [0.15, 0.2) is 0 Å². The zero-order valence-electron chi connectivity index (χ0n) is 10.9. The fourth-order valence-corrected chi connectivity index (χ4v) is 2.14. The highest BCUT2D eigenvalue weighted by Crippen LogP contribution is 2.27. The third-order valence-corrected chi connectivity index (χ3v) is 3.05. The smallest absolute Gasteiger partial charge is 0.137 e. The van der Waals surface area contributed by atoms with Crippen molar-refractivity contribution in [1.29, 1.82) is 0 Å². The van der Waals surface area contributed by atoms with E-state index < -0.39 is 0 Å². The normalized spacial score (nSPS) is 12.2. The van der Waals surface area contributed by atoms with E-state index >= 15 is 0 Å². The van der Waals surface area contributed by atoms with E-state index in [9.17, 15) is 0 Å². The molecule has 4 nitrogen and oxygen atoms in total. The molecule has 1 unspecified atom stereocenters. The first-order valence-corrected chi connectivity index (χ1v) is 6.49. The Morgan fingerprint density at radius 3 is 2.95 bits per heavy atom. The molecule has 0 aliphatic heterocycles. The molecule has 0 aromatic carbocycles. The monoisotopic (exact) mass is 277 g/mol. The molecule has 1 atom stereocenters. The number of rotatable bonds is 5. The Morgan fingerprint density at radius 1 is 1.42 bits per heavy atom. The molecule has 0 bridgehead atoms. The van der Waals surface area contributed by atoms with Gasteiger partial charge in [0.2, 0.25) is 0 Å². The molecular weight excluding hydrogens is 262 g/mol. The van der Waals surface area contributed by atoms with Crippen molar-refractivity contribution in [3.8, 4) is 5.75 Å². The summed E-state index contributed by atoms with van der Waals surface area (Å²) in [4.78, 5) is 8.53. The fourth-order valence-electron chi connectivity index (χ4n) is 1.91. The molecule has 0 amide bonds. The van der Waals surface area contributed by atoms with Crippen molar-refractivity contribution in [3.63, 3.8) is 0 Å². The molecule has 0 radical (unpaired) electrons. The van der Waals surface area contributed by atoms with Crippen LogP contribution in [0.2, 0.25) is 5.02 Å². The Bertz CT molecular complexity index is 548. The van der Waals surface area contributed by atoms with Crippen LogP contribution in [0.15, 0.2) is 36.8 Å². The molecule has 0 aliphatic carbocycles. The van der Waals surface area contributed by atoms with Crippen molar-refractivity contribution < 1.29 is 4.74 Å². The number of nitrogens with zero attached hydrogens (tertiary/aromatic N) is 2. The molecular formula is C14H16ClN3O. The summed E-state index contributed by atoms with van der Waals surface area (Å²) in [6.45, 7) is 2.55. The third kappa shape index (κ3) is 3.22. The van der Waals surface area contributed by atoms with E-state index in [4.69, 9.17) is 16.3 Å². The summed E-state index contributed by atoms with van der Waals surface area (Å²) in [6, 6.07) is 5.48. The van der Waals surface area contributed by atoms with Crippen molar-refractivity contribution in [2.45, 2.75) is 13.0 Å². The van der Waals surface area contributed by atoms with Crippen LogP contribution in [0.5, 0.6) is 5.75 Å². The zero-order valence-corrected chi connectivity index (χ0v) is 11.7. The first kappa shape index (κ1) is 13.8. The van der Waals surface area contributed by atoms with Crippen molar-refractivity contribution in [3.05, 3.63) is 53.1 Å². The number of aromatic nitrogens is 2. The maximum atomic E-state index is 6.19. The number of hydrogen-bond donors (Lipinski definition) is 1. The van der Waals surface area contributed by atoms with E-state index in [1.54, 1.807) is 18.6 Å². The van der Waals surface area contributed by atoms with Crippen LogP contribution in [0.4, 0.5) is 0 Å². The number of hydrogen-bond acceptors (Lipinski definition) is 4. The molecule has 0 fully saturated rings. The molecule has 0 aliphatic rings. The van der Waals surface area contributed by atoms with Crippen molar-refractivity contribution >= 4 is 11.6 Å². The Kier molecular flexibility index (Phi) is 4.71. The Morgan fingerprint density at radius 2 is 2.26 bits per heavy atom. The minimum absolute atomic E-state index is 0.110. The molecule has 19 heavy (non-hydrogen) atoms. The van der Waals surface area contributed by atoms with Gasteiger partial charge in [-0.15, -0.1) is 0 Å². The number of halogens is 1. The van der Waals surface area contributed by atoms with Crippen LogP contribution in [0.3, 0.4) is 0 Å². The standard InChI is InChI=1S/C14H16ClN3O/c1-3-19-11-7-10(8-17-9-11)13(16-2)14-12(15)5-4-6-18-14/h4-9,13,16H,3H2,1-2H3. The average Bonchev–Trinajstić information content (AvgIpc) is 2.43. The summed E-state index contributed by atoms with van der Waals surface area (Å²) in [5.41, 5.74) is 1.75. The minimum Gasteiger partial charge on any atom is -0.492 e. The van der Waals surface area contributed by atoms with Gasteiger partial charge in [-0.25, -0.2) is 0 Å². The second-order valence-electron chi connectivity index (χ2n) is 3.98. The van der Waals surface area contributed by atoms with Gasteiger partial charge in [0.25, 0.3) is 0 Å². The van der Waals surface area contributed by atoms with Crippen LogP contribution in [0, 0.1) is 0 Å². The summed E-state index contributed by atoms with van der Waals surface area (Å²) in [7, 11) is 1.86. The van der Waals surface area contributed by atoms with Crippen LogP contribution >= 0.6 is 11.6 Å². The van der Waals surface area contributed by atoms with Crippen LogP contribution in [0.25, 0.3) is 0 Å². The first-order chi connectivity index (χ1) is 9.26. The maximum Gasteiger partial charge on any atom is 0.137 e. The number of pyridine rings is 2. The largest absolute Gasteiger partial charge is 0.492 e. The van der Waals surface area contributed by atoms with Crippen LogP contribution in [0.1, 0.15) is 24.2 Å². The van der Waals surface area contributed by atoms with Crippen LogP contribution < -0.4 is 10.1 Å². The Hall–Kier alpha value is -1.65. The summed E-state index contributed by atoms with van der Waals surface area (Å²) >= 11 is 6.19. The van der Waals surface area contributed by atoms with Gasteiger partial charge in [-0.1, -0.05) is 11.6 Å². The van der Waals surface area contributed by atoms with Gasteiger partial charge in [-0.3, -0.25) is 9.97 Å². The van der Waals surface area contributed by atoms with Gasteiger partial charge < -0.3 is 10.1 Å². The van der Waals surface area contributed by atoms with E-state index in [1.165, 1.54) is 0 Å². The van der Waals surface area contributed by atoms with Gasteiger partial charge >= 0.3 is 0 Å². The van der Waals surface area contributed by atoms with Gasteiger partial charge in [0.1, 0.15) is 5.75 Å². The molecule has 2 aromatic rings. The Balaban J connectivity index is 2.37. The second-order valence-corrected chi connectivity index (χ2v) is 4.39. The second kappa shape index (κ2) is 6.50. The molecule has 0 saturated carbocycles. The topological polar surface area (TPSA) is 47.0 Å². The van der Waals surface area contributed by atoms with E-state index in [2.05, 4.69) is 15.3 Å². The maximum absolute atomic E-state index is 6.19. The van der Waals surface area contributed by atoms with E-state index in [0.717, 1.165) is 17.0 Å². The van der Waals surface area contributed by atoms with Gasteiger partial charge in [0, 0.05) is 12.4 Å². The predicted octanol–water partition coefficient (Wildman–Crippen LogP) is 2.84. The lowest BCUT2D eigenvalue weighted by atomic mass is 10.1.